The zero-order chi connectivity index (χ0) is 13.8. The second-order valence-corrected chi connectivity index (χ2v) is 4.53. The molecule has 0 aromatic carbocycles. The fraction of sp³-hybridized carbons (Fsp3) is 0.429. The molecular formula is C14H20N4O. The van der Waals surface area contributed by atoms with Gasteiger partial charge in [0.2, 0.25) is 0 Å². The highest BCUT2D eigenvalue weighted by atomic mass is 16.5. The zero-order valence-corrected chi connectivity index (χ0v) is 11.6. The molecule has 0 saturated carbocycles. The molecule has 0 bridgehead atoms. The third kappa shape index (κ3) is 2.76. The SMILES string of the molecule is CCCn1ncc(OC)c1C(N)c1ccnc(C)c1. The standard InChI is InChI=1S/C14H20N4O/c1-4-7-18-14(12(19-3)9-17-18)13(15)11-5-6-16-10(2)8-11/h5-6,8-9,13H,4,7,15H2,1-3H3. The van der Waals surface area contributed by atoms with Crippen LogP contribution in [0.15, 0.2) is 24.5 Å². The van der Waals surface area contributed by atoms with Crippen LogP contribution in [0, 0.1) is 6.92 Å². The van der Waals surface area contributed by atoms with E-state index < -0.39 is 0 Å². The minimum atomic E-state index is -0.259. The summed E-state index contributed by atoms with van der Waals surface area (Å²) in [6, 6.07) is 3.67. The lowest BCUT2D eigenvalue weighted by Gasteiger charge is -2.16. The first-order valence-corrected chi connectivity index (χ1v) is 6.45. The second kappa shape index (κ2) is 5.84. The monoisotopic (exact) mass is 260 g/mol. The van der Waals surface area contributed by atoms with Crippen molar-refractivity contribution < 1.29 is 4.74 Å². The molecule has 0 fully saturated rings. The van der Waals surface area contributed by atoms with Gasteiger partial charge in [-0.05, 0) is 31.0 Å². The Morgan fingerprint density at radius 1 is 1.47 bits per heavy atom. The Kier molecular flexibility index (Phi) is 4.16. The number of rotatable bonds is 5. The van der Waals surface area contributed by atoms with E-state index in [2.05, 4.69) is 17.0 Å². The lowest BCUT2D eigenvalue weighted by atomic mass is 10.0. The van der Waals surface area contributed by atoms with Gasteiger partial charge in [-0.25, -0.2) is 0 Å². The average Bonchev–Trinajstić information content (AvgIpc) is 2.81. The highest BCUT2D eigenvalue weighted by molar-refractivity contribution is 5.36. The van der Waals surface area contributed by atoms with Crippen LogP contribution >= 0.6 is 0 Å². The van der Waals surface area contributed by atoms with Crippen molar-refractivity contribution in [3.63, 3.8) is 0 Å². The fourth-order valence-electron chi connectivity index (χ4n) is 2.16. The van der Waals surface area contributed by atoms with Gasteiger partial charge in [0.1, 0.15) is 5.69 Å². The van der Waals surface area contributed by atoms with Gasteiger partial charge in [0, 0.05) is 18.4 Å². The first kappa shape index (κ1) is 13.5. The quantitative estimate of drug-likeness (QED) is 0.893. The van der Waals surface area contributed by atoms with Gasteiger partial charge in [0.15, 0.2) is 5.75 Å². The van der Waals surface area contributed by atoms with Gasteiger partial charge in [-0.2, -0.15) is 5.10 Å². The Bertz CT molecular complexity index is 550. The van der Waals surface area contributed by atoms with Crippen molar-refractivity contribution in [3.8, 4) is 5.75 Å². The Morgan fingerprint density at radius 2 is 2.26 bits per heavy atom. The number of nitrogens with two attached hydrogens (primary N) is 1. The van der Waals surface area contributed by atoms with Crippen molar-refractivity contribution in [1.29, 1.82) is 0 Å². The number of hydrogen-bond acceptors (Lipinski definition) is 4. The molecule has 2 rings (SSSR count). The van der Waals surface area contributed by atoms with E-state index in [1.807, 2.05) is 23.7 Å². The normalized spacial score (nSPS) is 12.4. The molecule has 5 heteroatoms. The topological polar surface area (TPSA) is 66.0 Å². The molecule has 0 amide bonds. The Balaban J connectivity index is 2.41. The summed E-state index contributed by atoms with van der Waals surface area (Å²) in [5, 5.41) is 4.34. The lowest BCUT2D eigenvalue weighted by Crippen LogP contribution is -2.18. The van der Waals surface area contributed by atoms with E-state index in [0.29, 0.717) is 0 Å². The summed E-state index contributed by atoms with van der Waals surface area (Å²) >= 11 is 0. The summed E-state index contributed by atoms with van der Waals surface area (Å²) in [5.74, 6) is 0.732. The van der Waals surface area contributed by atoms with Gasteiger partial charge >= 0.3 is 0 Å². The summed E-state index contributed by atoms with van der Waals surface area (Å²) in [6.07, 6.45) is 4.50. The van der Waals surface area contributed by atoms with Crippen LogP contribution in [0.3, 0.4) is 0 Å². The number of aromatic nitrogens is 3. The van der Waals surface area contributed by atoms with Gasteiger partial charge in [0.25, 0.3) is 0 Å². The van der Waals surface area contributed by atoms with Gasteiger partial charge in [-0.15, -0.1) is 0 Å². The number of aryl methyl sites for hydroxylation is 2. The Labute approximate surface area is 113 Å². The molecule has 0 aliphatic heterocycles. The molecule has 0 radical (unpaired) electrons. The Morgan fingerprint density at radius 3 is 2.89 bits per heavy atom. The van der Waals surface area contributed by atoms with E-state index in [9.17, 15) is 0 Å². The highest BCUT2D eigenvalue weighted by Crippen LogP contribution is 2.28. The van der Waals surface area contributed by atoms with Crippen molar-refractivity contribution in [2.24, 2.45) is 5.73 Å². The van der Waals surface area contributed by atoms with Crippen molar-refractivity contribution in [2.45, 2.75) is 32.9 Å². The molecule has 0 saturated heterocycles. The predicted octanol–water partition coefficient (Wildman–Crippen LogP) is 2.05. The zero-order valence-electron chi connectivity index (χ0n) is 11.6. The van der Waals surface area contributed by atoms with Crippen LogP contribution < -0.4 is 10.5 Å². The molecule has 2 aromatic heterocycles. The van der Waals surface area contributed by atoms with E-state index in [4.69, 9.17) is 10.5 Å². The van der Waals surface area contributed by atoms with Crippen LogP contribution in [0.5, 0.6) is 5.75 Å². The molecule has 0 aliphatic rings. The van der Waals surface area contributed by atoms with E-state index in [-0.39, 0.29) is 6.04 Å². The molecule has 1 atom stereocenters. The van der Waals surface area contributed by atoms with Gasteiger partial charge in [-0.1, -0.05) is 6.92 Å². The largest absolute Gasteiger partial charge is 0.493 e. The molecular weight excluding hydrogens is 240 g/mol. The highest BCUT2D eigenvalue weighted by Gasteiger charge is 2.20. The molecule has 5 nitrogen and oxygen atoms in total. The molecule has 0 aliphatic carbocycles. The van der Waals surface area contributed by atoms with Gasteiger partial charge in [0.05, 0.1) is 19.3 Å². The Hall–Kier alpha value is -1.88. The van der Waals surface area contributed by atoms with E-state index >= 15 is 0 Å². The maximum atomic E-state index is 6.37. The van der Waals surface area contributed by atoms with Crippen LogP contribution in [0.1, 0.15) is 36.3 Å². The fourth-order valence-corrected chi connectivity index (χ4v) is 2.16. The number of methoxy groups -OCH3 is 1. The maximum absolute atomic E-state index is 6.37. The molecule has 2 heterocycles. The van der Waals surface area contributed by atoms with E-state index in [0.717, 1.165) is 35.7 Å². The average molecular weight is 260 g/mol. The maximum Gasteiger partial charge on any atom is 0.161 e. The lowest BCUT2D eigenvalue weighted by molar-refractivity contribution is 0.404. The van der Waals surface area contributed by atoms with Crippen molar-refractivity contribution >= 4 is 0 Å². The number of pyridine rings is 1. The first-order chi connectivity index (χ1) is 9.17. The summed E-state index contributed by atoms with van der Waals surface area (Å²) < 4.78 is 7.28. The van der Waals surface area contributed by atoms with Gasteiger partial charge < -0.3 is 10.5 Å². The number of nitrogens with zero attached hydrogens (tertiary/aromatic N) is 3. The van der Waals surface area contributed by atoms with E-state index in [1.165, 1.54) is 0 Å². The first-order valence-electron chi connectivity index (χ1n) is 6.45. The summed E-state index contributed by atoms with van der Waals surface area (Å²) in [6.45, 7) is 4.90. The minimum Gasteiger partial charge on any atom is -0.493 e. The molecule has 19 heavy (non-hydrogen) atoms. The van der Waals surface area contributed by atoms with Crippen LogP contribution in [-0.2, 0) is 6.54 Å². The van der Waals surface area contributed by atoms with Crippen molar-refractivity contribution in [3.05, 3.63) is 41.5 Å². The molecule has 2 aromatic rings. The van der Waals surface area contributed by atoms with Crippen molar-refractivity contribution in [1.82, 2.24) is 14.8 Å². The smallest absolute Gasteiger partial charge is 0.161 e. The number of ether oxygens (including phenoxy) is 1. The molecule has 0 spiro atoms. The van der Waals surface area contributed by atoms with Crippen LogP contribution in [0.2, 0.25) is 0 Å². The van der Waals surface area contributed by atoms with Gasteiger partial charge in [-0.3, -0.25) is 9.67 Å². The van der Waals surface area contributed by atoms with Crippen LogP contribution in [0.25, 0.3) is 0 Å². The molecule has 1 unspecified atom stereocenters. The molecule has 102 valence electrons. The molecule has 2 N–H and O–H groups in total. The summed E-state index contributed by atoms with van der Waals surface area (Å²) in [4.78, 5) is 4.20. The van der Waals surface area contributed by atoms with Crippen LogP contribution in [0.4, 0.5) is 0 Å². The third-order valence-electron chi connectivity index (χ3n) is 3.07. The minimum absolute atomic E-state index is 0.259. The van der Waals surface area contributed by atoms with E-state index in [1.54, 1.807) is 19.5 Å². The number of hydrogen-bond donors (Lipinski definition) is 1. The summed E-state index contributed by atoms with van der Waals surface area (Å²) in [7, 11) is 1.64. The summed E-state index contributed by atoms with van der Waals surface area (Å²) in [5.41, 5.74) is 9.25. The predicted molar refractivity (Wildman–Crippen MR) is 74.1 cm³/mol. The van der Waals surface area contributed by atoms with Crippen LogP contribution in [-0.4, -0.2) is 21.9 Å². The third-order valence-corrected chi connectivity index (χ3v) is 3.07. The second-order valence-electron chi connectivity index (χ2n) is 4.53. The van der Waals surface area contributed by atoms with Crippen molar-refractivity contribution in [2.75, 3.05) is 7.11 Å².